The van der Waals surface area contributed by atoms with E-state index in [1.807, 2.05) is 48.5 Å². The summed E-state index contributed by atoms with van der Waals surface area (Å²) in [7, 11) is 0. The number of nitrogens with zero attached hydrogens (tertiary/aromatic N) is 4. The molecule has 1 amide bonds. The van der Waals surface area contributed by atoms with Gasteiger partial charge in [-0.25, -0.2) is 9.73 Å². The number of amides is 1. The zero-order chi connectivity index (χ0) is 20.5. The maximum absolute atomic E-state index is 12.6. The molecule has 0 atom stereocenters. The summed E-state index contributed by atoms with van der Waals surface area (Å²) in [5.41, 5.74) is 3.16. The minimum atomic E-state index is -0.371. The standard InChI is InChI=1S/C22H16N6O2/c29-21(24-13-16-8-4-5-11-23-16)15-9-10-17-18(12-15)28-20(25-22(17)30)19(26-27-28)14-6-2-1-3-7-14/h1-12,27H,13H2,(H,24,29). The second kappa shape index (κ2) is 7.25. The van der Waals surface area contributed by atoms with E-state index in [0.29, 0.717) is 34.4 Å². The zero-order valence-corrected chi connectivity index (χ0v) is 15.7. The van der Waals surface area contributed by atoms with Crippen LogP contribution in [0.3, 0.4) is 0 Å². The average Bonchev–Trinajstić information content (AvgIpc) is 3.22. The summed E-state index contributed by atoms with van der Waals surface area (Å²) in [5.74, 6) is -0.261. The van der Waals surface area contributed by atoms with Crippen LogP contribution in [0.15, 0.2) is 77.7 Å². The predicted molar refractivity (Wildman–Crippen MR) is 112 cm³/mol. The third kappa shape index (κ3) is 3.10. The third-order valence-corrected chi connectivity index (χ3v) is 4.83. The first-order valence-electron chi connectivity index (χ1n) is 9.35. The van der Waals surface area contributed by atoms with Crippen molar-refractivity contribution in [3.05, 3.63) is 94.5 Å². The van der Waals surface area contributed by atoms with E-state index < -0.39 is 0 Å². The van der Waals surface area contributed by atoms with E-state index in [-0.39, 0.29) is 11.5 Å². The summed E-state index contributed by atoms with van der Waals surface area (Å²) in [6.45, 7) is 0.311. The molecule has 8 nitrogen and oxygen atoms in total. The molecule has 0 saturated heterocycles. The number of carbonyl (C=O) groups excluding carboxylic acids is 1. The second-order valence-corrected chi connectivity index (χ2v) is 6.74. The lowest BCUT2D eigenvalue weighted by molar-refractivity contribution is 0.0950. The van der Waals surface area contributed by atoms with Crippen molar-refractivity contribution in [2.24, 2.45) is 0 Å². The van der Waals surface area contributed by atoms with Crippen LogP contribution < -0.4 is 10.9 Å². The van der Waals surface area contributed by atoms with Gasteiger partial charge in [0.05, 0.1) is 23.1 Å². The Labute approximate surface area is 170 Å². The maximum atomic E-state index is 12.6. The number of rotatable bonds is 4. The third-order valence-electron chi connectivity index (χ3n) is 4.83. The van der Waals surface area contributed by atoms with Crippen molar-refractivity contribution < 1.29 is 4.79 Å². The zero-order valence-electron chi connectivity index (χ0n) is 15.7. The van der Waals surface area contributed by atoms with E-state index in [1.54, 1.807) is 28.9 Å². The molecule has 2 N–H and O–H groups in total. The summed E-state index contributed by atoms with van der Waals surface area (Å²) >= 11 is 0. The van der Waals surface area contributed by atoms with Crippen LogP contribution in [0, 0.1) is 0 Å². The molecule has 5 rings (SSSR count). The Morgan fingerprint density at radius 3 is 2.67 bits per heavy atom. The number of nitrogens with one attached hydrogen (secondary N) is 2. The molecule has 0 aliphatic carbocycles. The molecule has 146 valence electrons. The van der Waals surface area contributed by atoms with E-state index in [4.69, 9.17) is 0 Å². The van der Waals surface area contributed by atoms with Gasteiger partial charge in [-0.15, -0.1) is 0 Å². The first-order valence-corrected chi connectivity index (χ1v) is 9.35. The minimum Gasteiger partial charge on any atom is -0.346 e. The summed E-state index contributed by atoms with van der Waals surface area (Å²) in [5, 5.41) is 10.5. The number of carbonyl (C=O) groups is 1. The van der Waals surface area contributed by atoms with Crippen LogP contribution in [0.25, 0.3) is 27.8 Å². The van der Waals surface area contributed by atoms with Crippen LogP contribution in [0.4, 0.5) is 0 Å². The molecule has 0 aliphatic heterocycles. The highest BCUT2D eigenvalue weighted by Crippen LogP contribution is 2.22. The molecule has 0 fully saturated rings. The topological polar surface area (TPSA) is 105 Å². The van der Waals surface area contributed by atoms with Gasteiger partial charge in [0.2, 0.25) is 0 Å². The molecule has 0 saturated carbocycles. The van der Waals surface area contributed by atoms with Gasteiger partial charge in [0.15, 0.2) is 5.65 Å². The predicted octanol–water partition coefficient (Wildman–Crippen LogP) is 2.56. The number of pyridine rings is 1. The number of fused-ring (bicyclic) bond motifs is 3. The Morgan fingerprint density at radius 1 is 1.03 bits per heavy atom. The molecule has 0 spiro atoms. The fourth-order valence-electron chi connectivity index (χ4n) is 3.33. The Bertz CT molecular complexity index is 1420. The molecular formula is C22H16N6O2. The van der Waals surface area contributed by atoms with Crippen molar-refractivity contribution in [1.29, 1.82) is 0 Å². The second-order valence-electron chi connectivity index (χ2n) is 6.74. The van der Waals surface area contributed by atoms with Crippen LogP contribution in [0.1, 0.15) is 16.1 Å². The lowest BCUT2D eigenvalue weighted by Crippen LogP contribution is -2.23. The van der Waals surface area contributed by atoms with E-state index in [0.717, 1.165) is 11.3 Å². The van der Waals surface area contributed by atoms with Gasteiger partial charge >= 0.3 is 0 Å². The van der Waals surface area contributed by atoms with Crippen LogP contribution in [-0.4, -0.2) is 30.7 Å². The smallest absolute Gasteiger partial charge is 0.281 e. The molecule has 3 heterocycles. The summed E-state index contributed by atoms with van der Waals surface area (Å²) in [4.78, 5) is 33.6. The Hall–Kier alpha value is -4.33. The number of hydrogen-bond acceptors (Lipinski definition) is 5. The molecule has 0 bridgehead atoms. The quantitative estimate of drug-likeness (QED) is 0.486. The normalized spacial score (nSPS) is 11.1. The van der Waals surface area contributed by atoms with Crippen molar-refractivity contribution in [2.45, 2.75) is 6.54 Å². The molecule has 0 unspecified atom stereocenters. The SMILES string of the molecule is O=C(NCc1ccccn1)c1ccc2c(=O)nc3c(-c4ccccc4)n[nH]n3c2c1. The monoisotopic (exact) mass is 396 g/mol. The maximum Gasteiger partial charge on any atom is 0.281 e. The van der Waals surface area contributed by atoms with Crippen molar-refractivity contribution in [1.82, 2.24) is 30.1 Å². The lowest BCUT2D eigenvalue weighted by atomic mass is 10.1. The van der Waals surface area contributed by atoms with Gasteiger partial charge in [0.25, 0.3) is 11.5 Å². The van der Waals surface area contributed by atoms with Crippen LogP contribution in [0.2, 0.25) is 0 Å². The Balaban J connectivity index is 1.56. The lowest BCUT2D eigenvalue weighted by Gasteiger charge is -2.07. The highest BCUT2D eigenvalue weighted by molar-refractivity contribution is 5.98. The van der Waals surface area contributed by atoms with Gasteiger partial charge in [-0.2, -0.15) is 10.1 Å². The van der Waals surface area contributed by atoms with E-state index in [2.05, 4.69) is 25.6 Å². The first-order chi connectivity index (χ1) is 14.7. The molecule has 8 heteroatoms. The number of aromatic nitrogens is 5. The fraction of sp³-hybridized carbons (Fsp3) is 0.0455. The largest absolute Gasteiger partial charge is 0.346 e. The van der Waals surface area contributed by atoms with Gasteiger partial charge < -0.3 is 5.32 Å². The minimum absolute atomic E-state index is 0.261. The van der Waals surface area contributed by atoms with E-state index in [9.17, 15) is 9.59 Å². The number of aromatic amines is 1. The highest BCUT2D eigenvalue weighted by Gasteiger charge is 2.15. The first kappa shape index (κ1) is 17.7. The van der Waals surface area contributed by atoms with Gasteiger partial charge in [-0.3, -0.25) is 14.6 Å². The van der Waals surface area contributed by atoms with Crippen molar-refractivity contribution in [2.75, 3.05) is 0 Å². The molecule has 5 aromatic rings. The van der Waals surface area contributed by atoms with Gasteiger partial charge in [0, 0.05) is 17.3 Å². The van der Waals surface area contributed by atoms with Gasteiger partial charge in [0.1, 0.15) is 5.69 Å². The fourth-order valence-corrected chi connectivity index (χ4v) is 3.33. The average molecular weight is 396 g/mol. The Morgan fingerprint density at radius 2 is 1.87 bits per heavy atom. The molecular weight excluding hydrogens is 380 g/mol. The molecule has 0 aliphatic rings. The number of H-pyrrole nitrogens is 1. The van der Waals surface area contributed by atoms with Crippen molar-refractivity contribution >= 4 is 22.5 Å². The number of benzene rings is 2. The van der Waals surface area contributed by atoms with E-state index >= 15 is 0 Å². The van der Waals surface area contributed by atoms with Gasteiger partial charge in [-0.05, 0) is 30.3 Å². The van der Waals surface area contributed by atoms with E-state index in [1.165, 1.54) is 0 Å². The van der Waals surface area contributed by atoms with Crippen LogP contribution in [0.5, 0.6) is 0 Å². The van der Waals surface area contributed by atoms with Crippen molar-refractivity contribution in [3.63, 3.8) is 0 Å². The van der Waals surface area contributed by atoms with Crippen LogP contribution >= 0.6 is 0 Å². The number of hydrogen-bond donors (Lipinski definition) is 2. The summed E-state index contributed by atoms with van der Waals surface area (Å²) in [6.07, 6.45) is 1.68. The summed E-state index contributed by atoms with van der Waals surface area (Å²) < 4.78 is 1.62. The molecule has 2 aromatic carbocycles. The molecule has 3 aromatic heterocycles. The van der Waals surface area contributed by atoms with Crippen molar-refractivity contribution in [3.8, 4) is 11.3 Å². The van der Waals surface area contributed by atoms with Crippen LogP contribution in [-0.2, 0) is 6.54 Å². The van der Waals surface area contributed by atoms with Gasteiger partial charge in [-0.1, -0.05) is 36.4 Å². The molecule has 30 heavy (non-hydrogen) atoms. The summed E-state index contributed by atoms with van der Waals surface area (Å²) in [6, 6.07) is 19.9. The Kier molecular flexibility index (Phi) is 4.29. The molecule has 0 radical (unpaired) electrons. The highest BCUT2D eigenvalue weighted by atomic mass is 16.1.